The van der Waals surface area contributed by atoms with Gasteiger partial charge in [0, 0.05) is 12.7 Å². The van der Waals surface area contributed by atoms with Crippen molar-refractivity contribution in [3.63, 3.8) is 0 Å². The van der Waals surface area contributed by atoms with Gasteiger partial charge in [-0.2, -0.15) is 5.10 Å². The monoisotopic (exact) mass is 341 g/mol. The summed E-state index contributed by atoms with van der Waals surface area (Å²) in [6.07, 6.45) is 4.66. The molecule has 0 unspecified atom stereocenters. The molecule has 8 heteroatoms. The van der Waals surface area contributed by atoms with E-state index in [1.165, 1.54) is 10.9 Å². The van der Waals surface area contributed by atoms with Crippen LogP contribution in [-0.2, 0) is 0 Å². The summed E-state index contributed by atoms with van der Waals surface area (Å²) in [5, 5.41) is 16.5. The van der Waals surface area contributed by atoms with E-state index in [9.17, 15) is 9.90 Å². The molecule has 0 radical (unpaired) electrons. The Morgan fingerprint density at radius 2 is 2.28 bits per heavy atom. The van der Waals surface area contributed by atoms with Gasteiger partial charge in [-0.3, -0.25) is 4.79 Å². The van der Waals surface area contributed by atoms with E-state index in [0.29, 0.717) is 35.1 Å². The Kier molecular flexibility index (Phi) is 4.90. The first kappa shape index (κ1) is 16.8. The summed E-state index contributed by atoms with van der Waals surface area (Å²) >= 11 is 0. The Morgan fingerprint density at radius 1 is 1.44 bits per heavy atom. The van der Waals surface area contributed by atoms with E-state index in [1.54, 1.807) is 37.6 Å². The van der Waals surface area contributed by atoms with Crippen molar-refractivity contribution >= 4 is 5.91 Å². The van der Waals surface area contributed by atoms with Crippen LogP contribution in [0.25, 0.3) is 17.4 Å². The summed E-state index contributed by atoms with van der Waals surface area (Å²) in [6, 6.07) is 5.32. The fourth-order valence-corrected chi connectivity index (χ4v) is 2.30. The molecule has 0 spiro atoms. The normalized spacial score (nSPS) is 12.1. The highest BCUT2D eigenvalue weighted by Gasteiger charge is 2.17. The van der Waals surface area contributed by atoms with Gasteiger partial charge in [0.1, 0.15) is 5.69 Å². The molecule has 25 heavy (non-hydrogen) atoms. The molecule has 0 aliphatic carbocycles. The molecule has 0 aromatic carbocycles. The maximum Gasteiger partial charge on any atom is 0.254 e. The lowest BCUT2D eigenvalue weighted by molar-refractivity contribution is 0.0913. The minimum absolute atomic E-state index is 0.199. The van der Waals surface area contributed by atoms with Gasteiger partial charge in [0.15, 0.2) is 5.76 Å². The highest BCUT2D eigenvalue weighted by Crippen LogP contribution is 2.18. The Balaban J connectivity index is 1.84. The Morgan fingerprint density at radius 3 is 3.00 bits per heavy atom. The Labute approximate surface area is 144 Å². The standard InChI is InChI=1S/C17H19N5O3/c1-3-12(23)9-19-16(24)13-10-20-22(11(13)2)17-18-7-6-14(21-17)15-5-4-8-25-15/h4-8,10,12,23H,3,9H2,1-2H3,(H,19,24)/t12-/m1/s1. The third-order valence-corrected chi connectivity index (χ3v) is 3.83. The van der Waals surface area contributed by atoms with Crippen molar-refractivity contribution in [2.45, 2.75) is 26.4 Å². The predicted molar refractivity (Wildman–Crippen MR) is 90.2 cm³/mol. The summed E-state index contributed by atoms with van der Waals surface area (Å²) in [7, 11) is 0. The molecule has 2 N–H and O–H groups in total. The van der Waals surface area contributed by atoms with Crippen molar-refractivity contribution in [1.82, 2.24) is 25.1 Å². The van der Waals surface area contributed by atoms with Gasteiger partial charge in [0.25, 0.3) is 11.9 Å². The van der Waals surface area contributed by atoms with Crippen molar-refractivity contribution in [1.29, 1.82) is 0 Å². The molecule has 0 bridgehead atoms. The fraction of sp³-hybridized carbons (Fsp3) is 0.294. The molecule has 3 rings (SSSR count). The lowest BCUT2D eigenvalue weighted by atomic mass is 10.2. The number of furan rings is 1. The maximum absolute atomic E-state index is 12.3. The van der Waals surface area contributed by atoms with Crippen molar-refractivity contribution in [3.05, 3.63) is 48.1 Å². The van der Waals surface area contributed by atoms with Crippen LogP contribution in [-0.4, -0.2) is 43.4 Å². The number of nitrogens with one attached hydrogen (secondary N) is 1. The van der Waals surface area contributed by atoms with Gasteiger partial charge in [0.2, 0.25) is 0 Å². The molecule has 3 heterocycles. The van der Waals surface area contributed by atoms with Gasteiger partial charge in [0.05, 0.1) is 29.8 Å². The minimum Gasteiger partial charge on any atom is -0.463 e. The third kappa shape index (κ3) is 3.58. The van der Waals surface area contributed by atoms with E-state index >= 15 is 0 Å². The Bertz CT molecular complexity index is 857. The quantitative estimate of drug-likeness (QED) is 0.707. The number of aromatic nitrogens is 4. The summed E-state index contributed by atoms with van der Waals surface area (Å²) in [5.41, 5.74) is 1.65. The summed E-state index contributed by atoms with van der Waals surface area (Å²) in [6.45, 7) is 3.81. The SMILES string of the molecule is CC[C@@H](O)CNC(=O)c1cnn(-c2nccc(-c3ccco3)n2)c1C. The smallest absolute Gasteiger partial charge is 0.254 e. The van der Waals surface area contributed by atoms with Crippen LogP contribution >= 0.6 is 0 Å². The lowest BCUT2D eigenvalue weighted by Gasteiger charge is -2.09. The predicted octanol–water partition coefficient (Wildman–Crippen LogP) is 1.73. The van der Waals surface area contributed by atoms with Crippen LogP contribution in [0.5, 0.6) is 0 Å². The average molecular weight is 341 g/mol. The number of nitrogens with zero attached hydrogens (tertiary/aromatic N) is 4. The van der Waals surface area contributed by atoms with Crippen LogP contribution in [0.2, 0.25) is 0 Å². The second-order valence-corrected chi connectivity index (χ2v) is 5.55. The maximum atomic E-state index is 12.3. The molecular formula is C17H19N5O3. The van der Waals surface area contributed by atoms with Crippen LogP contribution < -0.4 is 5.32 Å². The van der Waals surface area contributed by atoms with Gasteiger partial charge in [-0.1, -0.05) is 6.92 Å². The number of amides is 1. The van der Waals surface area contributed by atoms with Crippen molar-refractivity contribution in [2.24, 2.45) is 0 Å². The van der Waals surface area contributed by atoms with Gasteiger partial charge < -0.3 is 14.8 Å². The number of rotatable bonds is 6. The van der Waals surface area contributed by atoms with E-state index in [1.807, 2.05) is 6.92 Å². The van der Waals surface area contributed by atoms with Crippen LogP contribution in [0, 0.1) is 6.92 Å². The van der Waals surface area contributed by atoms with E-state index in [0.717, 1.165) is 0 Å². The third-order valence-electron chi connectivity index (χ3n) is 3.83. The summed E-state index contributed by atoms with van der Waals surface area (Å²) < 4.78 is 6.84. The van der Waals surface area contributed by atoms with Crippen molar-refractivity contribution < 1.29 is 14.3 Å². The van der Waals surface area contributed by atoms with E-state index in [-0.39, 0.29) is 12.5 Å². The lowest BCUT2D eigenvalue weighted by Crippen LogP contribution is -2.31. The average Bonchev–Trinajstić information content (AvgIpc) is 3.29. The molecule has 130 valence electrons. The molecule has 0 fully saturated rings. The van der Waals surface area contributed by atoms with Gasteiger partial charge in [-0.05, 0) is 31.5 Å². The number of hydrogen-bond acceptors (Lipinski definition) is 6. The van der Waals surface area contributed by atoms with Gasteiger partial charge in [-0.15, -0.1) is 0 Å². The van der Waals surface area contributed by atoms with E-state index in [2.05, 4.69) is 20.4 Å². The molecule has 3 aromatic heterocycles. The molecular weight excluding hydrogens is 322 g/mol. The number of aliphatic hydroxyl groups is 1. The first-order valence-corrected chi connectivity index (χ1v) is 7.98. The molecule has 0 aliphatic heterocycles. The zero-order valence-corrected chi connectivity index (χ0v) is 14.0. The fourth-order valence-electron chi connectivity index (χ4n) is 2.30. The first-order valence-electron chi connectivity index (χ1n) is 7.98. The van der Waals surface area contributed by atoms with Crippen LogP contribution in [0.4, 0.5) is 0 Å². The first-order chi connectivity index (χ1) is 12.1. The Hall–Kier alpha value is -3.00. The van der Waals surface area contributed by atoms with Crippen molar-refractivity contribution in [3.8, 4) is 17.4 Å². The van der Waals surface area contributed by atoms with E-state index < -0.39 is 6.10 Å². The highest BCUT2D eigenvalue weighted by atomic mass is 16.3. The van der Waals surface area contributed by atoms with Gasteiger partial charge >= 0.3 is 0 Å². The minimum atomic E-state index is -0.562. The molecule has 1 amide bonds. The second kappa shape index (κ2) is 7.27. The van der Waals surface area contributed by atoms with Crippen LogP contribution in [0.15, 0.2) is 41.3 Å². The van der Waals surface area contributed by atoms with Gasteiger partial charge in [-0.25, -0.2) is 14.6 Å². The molecule has 1 atom stereocenters. The zero-order valence-electron chi connectivity index (χ0n) is 14.0. The molecule has 0 saturated carbocycles. The molecule has 8 nitrogen and oxygen atoms in total. The molecule has 3 aromatic rings. The number of hydrogen-bond donors (Lipinski definition) is 2. The largest absolute Gasteiger partial charge is 0.463 e. The second-order valence-electron chi connectivity index (χ2n) is 5.55. The topological polar surface area (TPSA) is 106 Å². The molecule has 0 saturated heterocycles. The number of carbonyl (C=O) groups is 1. The number of aliphatic hydroxyl groups excluding tert-OH is 1. The van der Waals surface area contributed by atoms with Crippen LogP contribution in [0.3, 0.4) is 0 Å². The summed E-state index contributed by atoms with van der Waals surface area (Å²) in [5.74, 6) is 0.678. The van der Waals surface area contributed by atoms with Crippen molar-refractivity contribution in [2.75, 3.05) is 6.54 Å². The van der Waals surface area contributed by atoms with E-state index in [4.69, 9.17) is 4.42 Å². The number of carbonyl (C=O) groups excluding carboxylic acids is 1. The molecule has 0 aliphatic rings. The van der Waals surface area contributed by atoms with Crippen LogP contribution in [0.1, 0.15) is 29.4 Å². The zero-order chi connectivity index (χ0) is 17.8. The summed E-state index contributed by atoms with van der Waals surface area (Å²) in [4.78, 5) is 20.9. The highest BCUT2D eigenvalue weighted by molar-refractivity contribution is 5.95.